The molecule has 20 heavy (non-hydrogen) atoms. The fourth-order valence-electron chi connectivity index (χ4n) is 2.43. The number of hydrogen-bond donors (Lipinski definition) is 1. The summed E-state index contributed by atoms with van der Waals surface area (Å²) in [5, 5.41) is 6.44. The minimum Gasteiger partial charge on any atom is -0.316 e. The van der Waals surface area contributed by atoms with E-state index in [1.807, 2.05) is 13.1 Å². The third-order valence-electron chi connectivity index (χ3n) is 3.50. The molecule has 0 aromatic heterocycles. The standard InChI is InChI=1S/C18H16ClN/c1-20-12-17-9-8-16(11-18(17)19)15-7-6-13-4-2-3-5-14(13)10-15/h2-11,20H,12H2,1H3. The second-order valence-corrected chi connectivity index (χ2v) is 5.31. The average Bonchev–Trinajstić information content (AvgIpc) is 2.49. The Kier molecular flexibility index (Phi) is 3.72. The largest absolute Gasteiger partial charge is 0.316 e. The Morgan fingerprint density at radius 3 is 2.30 bits per heavy atom. The average molecular weight is 282 g/mol. The first-order chi connectivity index (χ1) is 9.78. The number of fused-ring (bicyclic) bond motifs is 1. The van der Waals surface area contributed by atoms with Gasteiger partial charge in [0.2, 0.25) is 0 Å². The van der Waals surface area contributed by atoms with Crippen LogP contribution in [0.1, 0.15) is 5.56 Å². The van der Waals surface area contributed by atoms with Crippen LogP contribution in [0.5, 0.6) is 0 Å². The van der Waals surface area contributed by atoms with E-state index in [0.717, 1.165) is 22.7 Å². The summed E-state index contributed by atoms with van der Waals surface area (Å²) in [5.74, 6) is 0. The molecule has 0 aliphatic rings. The highest BCUT2D eigenvalue weighted by atomic mass is 35.5. The van der Waals surface area contributed by atoms with Crippen molar-refractivity contribution in [2.75, 3.05) is 7.05 Å². The quantitative estimate of drug-likeness (QED) is 0.721. The van der Waals surface area contributed by atoms with Crippen LogP contribution in [-0.4, -0.2) is 7.05 Å². The lowest BCUT2D eigenvalue weighted by molar-refractivity contribution is 0.818. The van der Waals surface area contributed by atoms with Gasteiger partial charge in [-0.25, -0.2) is 0 Å². The molecule has 0 amide bonds. The summed E-state index contributed by atoms with van der Waals surface area (Å²) in [6, 6.07) is 21.1. The van der Waals surface area contributed by atoms with E-state index in [0.29, 0.717) is 0 Å². The summed E-state index contributed by atoms with van der Waals surface area (Å²) in [5.41, 5.74) is 3.47. The minimum absolute atomic E-state index is 0.789. The number of halogens is 1. The van der Waals surface area contributed by atoms with E-state index in [2.05, 4.69) is 59.9 Å². The summed E-state index contributed by atoms with van der Waals surface area (Å²) >= 11 is 6.34. The van der Waals surface area contributed by atoms with E-state index >= 15 is 0 Å². The Hall–Kier alpha value is -1.83. The molecule has 1 N–H and O–H groups in total. The molecule has 1 nitrogen and oxygen atoms in total. The van der Waals surface area contributed by atoms with Gasteiger partial charge in [0, 0.05) is 11.6 Å². The van der Waals surface area contributed by atoms with E-state index in [9.17, 15) is 0 Å². The molecule has 3 rings (SSSR count). The molecule has 3 aromatic carbocycles. The van der Waals surface area contributed by atoms with Crippen molar-refractivity contribution >= 4 is 22.4 Å². The van der Waals surface area contributed by atoms with Crippen molar-refractivity contribution in [3.63, 3.8) is 0 Å². The van der Waals surface area contributed by atoms with Gasteiger partial charge in [-0.15, -0.1) is 0 Å². The SMILES string of the molecule is CNCc1ccc(-c2ccc3ccccc3c2)cc1Cl. The third kappa shape index (κ3) is 2.55. The molecule has 0 fully saturated rings. The maximum Gasteiger partial charge on any atom is 0.0457 e. The van der Waals surface area contributed by atoms with Gasteiger partial charge in [-0.1, -0.05) is 60.1 Å². The lowest BCUT2D eigenvalue weighted by atomic mass is 10.0. The molecule has 0 saturated heterocycles. The van der Waals surface area contributed by atoms with E-state index in [1.165, 1.54) is 16.3 Å². The fraction of sp³-hybridized carbons (Fsp3) is 0.111. The van der Waals surface area contributed by atoms with Gasteiger partial charge in [0.15, 0.2) is 0 Å². The van der Waals surface area contributed by atoms with Crippen LogP contribution < -0.4 is 5.32 Å². The summed E-state index contributed by atoms with van der Waals surface area (Å²) in [6.07, 6.45) is 0. The molecule has 0 heterocycles. The topological polar surface area (TPSA) is 12.0 Å². The monoisotopic (exact) mass is 281 g/mol. The van der Waals surface area contributed by atoms with E-state index < -0.39 is 0 Å². The van der Waals surface area contributed by atoms with Crippen LogP contribution >= 0.6 is 11.6 Å². The number of benzene rings is 3. The first-order valence-electron chi connectivity index (χ1n) is 6.70. The summed E-state index contributed by atoms with van der Waals surface area (Å²) in [4.78, 5) is 0. The highest BCUT2D eigenvalue weighted by molar-refractivity contribution is 6.31. The molecule has 0 spiro atoms. The molecular formula is C18H16ClN. The summed E-state index contributed by atoms with van der Waals surface area (Å²) in [6.45, 7) is 0.789. The van der Waals surface area contributed by atoms with Crippen LogP contribution in [0.3, 0.4) is 0 Å². The lowest BCUT2D eigenvalue weighted by Crippen LogP contribution is -2.05. The van der Waals surface area contributed by atoms with Crippen molar-refractivity contribution in [3.05, 3.63) is 71.2 Å². The predicted molar refractivity (Wildman–Crippen MR) is 87.2 cm³/mol. The molecular weight excluding hydrogens is 266 g/mol. The molecule has 0 radical (unpaired) electrons. The van der Waals surface area contributed by atoms with Crippen LogP contribution in [0.4, 0.5) is 0 Å². The Labute approximate surface area is 124 Å². The van der Waals surface area contributed by atoms with Gasteiger partial charge in [-0.3, -0.25) is 0 Å². The first kappa shape index (κ1) is 13.2. The van der Waals surface area contributed by atoms with Gasteiger partial charge in [0.25, 0.3) is 0 Å². The highest BCUT2D eigenvalue weighted by Gasteiger charge is 2.04. The first-order valence-corrected chi connectivity index (χ1v) is 7.08. The molecule has 0 saturated carbocycles. The molecule has 100 valence electrons. The zero-order chi connectivity index (χ0) is 13.9. The van der Waals surface area contributed by atoms with Crippen molar-refractivity contribution in [2.45, 2.75) is 6.54 Å². The number of nitrogens with one attached hydrogen (secondary N) is 1. The highest BCUT2D eigenvalue weighted by Crippen LogP contribution is 2.28. The van der Waals surface area contributed by atoms with Crippen LogP contribution in [0.2, 0.25) is 5.02 Å². The van der Waals surface area contributed by atoms with Crippen molar-refractivity contribution in [1.82, 2.24) is 5.32 Å². The van der Waals surface area contributed by atoms with Gasteiger partial charge >= 0.3 is 0 Å². The van der Waals surface area contributed by atoms with E-state index in [1.54, 1.807) is 0 Å². The zero-order valence-electron chi connectivity index (χ0n) is 11.4. The van der Waals surface area contributed by atoms with Crippen LogP contribution in [0.25, 0.3) is 21.9 Å². The second kappa shape index (κ2) is 5.66. The summed E-state index contributed by atoms with van der Waals surface area (Å²) in [7, 11) is 1.92. The van der Waals surface area contributed by atoms with Gasteiger partial charge in [0.05, 0.1) is 0 Å². The minimum atomic E-state index is 0.789. The summed E-state index contributed by atoms with van der Waals surface area (Å²) < 4.78 is 0. The van der Waals surface area contributed by atoms with Gasteiger partial charge in [-0.2, -0.15) is 0 Å². The zero-order valence-corrected chi connectivity index (χ0v) is 12.1. The molecule has 3 aromatic rings. The van der Waals surface area contributed by atoms with Crippen molar-refractivity contribution < 1.29 is 0 Å². The maximum atomic E-state index is 6.34. The van der Waals surface area contributed by atoms with E-state index in [4.69, 9.17) is 11.6 Å². The van der Waals surface area contributed by atoms with E-state index in [-0.39, 0.29) is 0 Å². The van der Waals surface area contributed by atoms with Crippen molar-refractivity contribution in [1.29, 1.82) is 0 Å². The normalized spacial score (nSPS) is 10.9. The van der Waals surface area contributed by atoms with Crippen LogP contribution in [0.15, 0.2) is 60.7 Å². The molecule has 0 unspecified atom stereocenters. The van der Waals surface area contributed by atoms with Crippen molar-refractivity contribution in [2.24, 2.45) is 0 Å². The maximum absolute atomic E-state index is 6.34. The fourth-order valence-corrected chi connectivity index (χ4v) is 2.68. The molecule has 0 bridgehead atoms. The predicted octanol–water partition coefficient (Wildman–Crippen LogP) is 4.88. The Bertz CT molecular complexity index is 749. The van der Waals surface area contributed by atoms with Crippen LogP contribution in [0, 0.1) is 0 Å². The number of hydrogen-bond acceptors (Lipinski definition) is 1. The van der Waals surface area contributed by atoms with Gasteiger partial charge in [0.1, 0.15) is 0 Å². The molecule has 0 aliphatic heterocycles. The second-order valence-electron chi connectivity index (χ2n) is 4.90. The third-order valence-corrected chi connectivity index (χ3v) is 3.85. The smallest absolute Gasteiger partial charge is 0.0457 e. The van der Waals surface area contributed by atoms with Crippen LogP contribution in [-0.2, 0) is 6.54 Å². The van der Waals surface area contributed by atoms with Gasteiger partial charge in [-0.05, 0) is 46.6 Å². The molecule has 2 heteroatoms. The molecule has 0 aliphatic carbocycles. The Morgan fingerprint density at radius 1 is 0.850 bits per heavy atom. The lowest BCUT2D eigenvalue weighted by Gasteiger charge is -2.08. The van der Waals surface area contributed by atoms with Crippen molar-refractivity contribution in [3.8, 4) is 11.1 Å². The number of rotatable bonds is 3. The van der Waals surface area contributed by atoms with Gasteiger partial charge < -0.3 is 5.32 Å². The Morgan fingerprint density at radius 2 is 1.55 bits per heavy atom. The Balaban J connectivity index is 2.04. The molecule has 0 atom stereocenters.